The molecule has 0 bridgehead atoms. The first kappa shape index (κ1) is 23.7. The maximum Gasteiger partial charge on any atom is 0.239 e. The van der Waals surface area contributed by atoms with Crippen LogP contribution >= 0.6 is 24.0 Å². The largest absolute Gasteiger partial charge is 0.356 e. The van der Waals surface area contributed by atoms with E-state index in [1.54, 1.807) is 0 Å². The summed E-state index contributed by atoms with van der Waals surface area (Å²) < 4.78 is 0. The molecule has 28 heavy (non-hydrogen) atoms. The van der Waals surface area contributed by atoms with Crippen molar-refractivity contribution in [2.24, 2.45) is 10.4 Å². The molecule has 3 rings (SSSR count). The van der Waals surface area contributed by atoms with Crippen LogP contribution in [0.4, 0.5) is 0 Å². The lowest BCUT2D eigenvalue weighted by molar-refractivity contribution is -0.135. The van der Waals surface area contributed by atoms with Crippen molar-refractivity contribution in [2.75, 3.05) is 52.9 Å². The van der Waals surface area contributed by atoms with E-state index >= 15 is 0 Å². The Hall–Kier alpha value is -0.570. The maximum atomic E-state index is 12.7. The van der Waals surface area contributed by atoms with Gasteiger partial charge in [-0.2, -0.15) is 0 Å². The molecule has 0 radical (unpaired) electrons. The summed E-state index contributed by atoms with van der Waals surface area (Å²) in [5, 5.41) is 3.67. The highest BCUT2D eigenvalue weighted by Crippen LogP contribution is 2.40. The number of carbonyl (C=O) groups is 1. The highest BCUT2D eigenvalue weighted by atomic mass is 127. The zero-order valence-corrected chi connectivity index (χ0v) is 20.4. The molecule has 2 heterocycles. The molecule has 2 aliphatic heterocycles. The Kier molecular flexibility index (Phi) is 9.31. The summed E-state index contributed by atoms with van der Waals surface area (Å²) in [5.74, 6) is 1.35. The highest BCUT2D eigenvalue weighted by Gasteiger charge is 2.33. The number of likely N-dealkylation sites (tertiary alicyclic amines) is 1. The average molecular weight is 505 g/mol. The van der Waals surface area contributed by atoms with Crippen LogP contribution in [0.15, 0.2) is 4.99 Å². The molecule has 0 spiro atoms. The standard InChI is InChI=1S/C21H39N5O.HI/c1-4-21(9-5-6-10-21)17-23-20(22-3)26-15-13-24(14-16-26)18(2)19(27)25-11-7-8-12-25;/h18H,4-17H2,1-3H3,(H,22,23);1H. The molecular weight excluding hydrogens is 465 g/mol. The number of hydrogen-bond acceptors (Lipinski definition) is 3. The molecule has 1 N–H and O–H groups in total. The monoisotopic (exact) mass is 505 g/mol. The number of amides is 1. The van der Waals surface area contributed by atoms with Gasteiger partial charge >= 0.3 is 0 Å². The van der Waals surface area contributed by atoms with Gasteiger partial charge in [0, 0.05) is 52.9 Å². The van der Waals surface area contributed by atoms with E-state index in [0.717, 1.165) is 64.6 Å². The predicted octanol–water partition coefficient (Wildman–Crippen LogP) is 2.78. The summed E-state index contributed by atoms with van der Waals surface area (Å²) in [7, 11) is 1.89. The first-order valence-electron chi connectivity index (χ1n) is 11.1. The quantitative estimate of drug-likeness (QED) is 0.355. The third-order valence-electron chi connectivity index (χ3n) is 7.18. The molecule has 0 aromatic carbocycles. The van der Waals surface area contributed by atoms with Gasteiger partial charge < -0.3 is 15.1 Å². The molecule has 3 fully saturated rings. The van der Waals surface area contributed by atoms with Gasteiger partial charge in [-0.1, -0.05) is 19.8 Å². The molecule has 162 valence electrons. The van der Waals surface area contributed by atoms with Gasteiger partial charge in [0.05, 0.1) is 6.04 Å². The zero-order chi connectivity index (χ0) is 19.3. The lowest BCUT2D eigenvalue weighted by Gasteiger charge is -2.40. The van der Waals surface area contributed by atoms with Crippen molar-refractivity contribution in [3.63, 3.8) is 0 Å². The van der Waals surface area contributed by atoms with Gasteiger partial charge in [0.1, 0.15) is 0 Å². The van der Waals surface area contributed by atoms with Crippen molar-refractivity contribution >= 4 is 35.8 Å². The van der Waals surface area contributed by atoms with Gasteiger partial charge in [-0.15, -0.1) is 24.0 Å². The van der Waals surface area contributed by atoms with E-state index in [2.05, 4.69) is 34.0 Å². The van der Waals surface area contributed by atoms with Gasteiger partial charge in [-0.3, -0.25) is 14.7 Å². The van der Waals surface area contributed by atoms with Crippen molar-refractivity contribution in [1.82, 2.24) is 20.0 Å². The summed E-state index contributed by atoms with van der Waals surface area (Å²) in [4.78, 5) is 24.0. The Morgan fingerprint density at radius 2 is 1.61 bits per heavy atom. The van der Waals surface area contributed by atoms with E-state index in [1.165, 1.54) is 32.1 Å². The summed E-state index contributed by atoms with van der Waals surface area (Å²) in [5.41, 5.74) is 0.467. The molecule has 3 aliphatic rings. The van der Waals surface area contributed by atoms with Crippen molar-refractivity contribution in [2.45, 2.75) is 64.8 Å². The Labute approximate surface area is 188 Å². The second kappa shape index (κ2) is 11.0. The minimum absolute atomic E-state index is 0. The zero-order valence-electron chi connectivity index (χ0n) is 18.1. The molecule has 1 saturated carbocycles. The van der Waals surface area contributed by atoms with E-state index in [1.807, 2.05) is 11.9 Å². The Morgan fingerprint density at radius 1 is 1.00 bits per heavy atom. The van der Waals surface area contributed by atoms with Gasteiger partial charge in [-0.05, 0) is 44.4 Å². The fourth-order valence-corrected chi connectivity index (χ4v) is 5.06. The van der Waals surface area contributed by atoms with Crippen LogP contribution in [-0.4, -0.2) is 85.5 Å². The Morgan fingerprint density at radius 3 is 2.14 bits per heavy atom. The number of carbonyl (C=O) groups excluding carboxylic acids is 1. The summed E-state index contributed by atoms with van der Waals surface area (Å²) >= 11 is 0. The molecule has 1 aliphatic carbocycles. The van der Waals surface area contributed by atoms with Gasteiger partial charge in [0.2, 0.25) is 5.91 Å². The number of aliphatic imine (C=N–C) groups is 1. The van der Waals surface area contributed by atoms with E-state index in [0.29, 0.717) is 11.3 Å². The Bertz CT molecular complexity index is 521. The van der Waals surface area contributed by atoms with E-state index in [9.17, 15) is 4.79 Å². The predicted molar refractivity (Wildman–Crippen MR) is 126 cm³/mol. The number of rotatable bonds is 5. The normalized spacial score (nSPS) is 24.2. The summed E-state index contributed by atoms with van der Waals surface area (Å²) in [6, 6.07) is 0.00192. The number of nitrogens with zero attached hydrogens (tertiary/aromatic N) is 4. The molecule has 0 aromatic heterocycles. The van der Waals surface area contributed by atoms with Gasteiger partial charge in [0.15, 0.2) is 5.96 Å². The van der Waals surface area contributed by atoms with Crippen molar-refractivity contribution in [3.8, 4) is 0 Å². The number of halogens is 1. The smallest absolute Gasteiger partial charge is 0.239 e. The van der Waals surface area contributed by atoms with Crippen LogP contribution in [-0.2, 0) is 4.79 Å². The Balaban J connectivity index is 0.00000280. The fourth-order valence-electron chi connectivity index (χ4n) is 5.06. The number of nitrogens with one attached hydrogen (secondary N) is 1. The molecule has 1 unspecified atom stereocenters. The topological polar surface area (TPSA) is 51.2 Å². The summed E-state index contributed by atoms with van der Waals surface area (Å²) in [6.45, 7) is 11.1. The lowest BCUT2D eigenvalue weighted by atomic mass is 9.83. The van der Waals surface area contributed by atoms with Crippen LogP contribution < -0.4 is 5.32 Å². The van der Waals surface area contributed by atoms with E-state index in [-0.39, 0.29) is 30.0 Å². The van der Waals surface area contributed by atoms with Crippen LogP contribution in [0.3, 0.4) is 0 Å². The fraction of sp³-hybridized carbons (Fsp3) is 0.905. The third-order valence-corrected chi connectivity index (χ3v) is 7.18. The van der Waals surface area contributed by atoms with Crippen molar-refractivity contribution in [3.05, 3.63) is 0 Å². The number of piperazine rings is 1. The van der Waals surface area contributed by atoms with Crippen molar-refractivity contribution < 1.29 is 4.79 Å². The van der Waals surface area contributed by atoms with Crippen LogP contribution in [0.2, 0.25) is 0 Å². The van der Waals surface area contributed by atoms with Crippen molar-refractivity contribution in [1.29, 1.82) is 0 Å². The molecule has 0 aromatic rings. The van der Waals surface area contributed by atoms with Crippen LogP contribution in [0.1, 0.15) is 58.8 Å². The number of guanidine groups is 1. The molecule has 1 atom stereocenters. The highest BCUT2D eigenvalue weighted by molar-refractivity contribution is 14.0. The minimum Gasteiger partial charge on any atom is -0.356 e. The van der Waals surface area contributed by atoms with Gasteiger partial charge in [-0.25, -0.2) is 0 Å². The summed E-state index contributed by atoms with van der Waals surface area (Å²) in [6.07, 6.45) is 9.00. The molecular formula is C21H40IN5O. The molecule has 6 nitrogen and oxygen atoms in total. The van der Waals surface area contributed by atoms with Gasteiger partial charge in [0.25, 0.3) is 0 Å². The second-order valence-corrected chi connectivity index (χ2v) is 8.69. The van der Waals surface area contributed by atoms with E-state index < -0.39 is 0 Å². The van der Waals surface area contributed by atoms with Crippen LogP contribution in [0.5, 0.6) is 0 Å². The van der Waals surface area contributed by atoms with Crippen LogP contribution in [0.25, 0.3) is 0 Å². The SMILES string of the molecule is CCC1(CNC(=NC)N2CCN(C(C)C(=O)N3CCCC3)CC2)CCCC1.I. The molecule has 1 amide bonds. The van der Waals surface area contributed by atoms with E-state index in [4.69, 9.17) is 0 Å². The number of hydrogen-bond donors (Lipinski definition) is 1. The first-order chi connectivity index (χ1) is 13.1. The minimum atomic E-state index is 0. The second-order valence-electron chi connectivity index (χ2n) is 8.69. The maximum absolute atomic E-state index is 12.7. The molecule has 2 saturated heterocycles. The first-order valence-corrected chi connectivity index (χ1v) is 11.1. The molecule has 7 heteroatoms. The third kappa shape index (κ3) is 5.52. The lowest BCUT2D eigenvalue weighted by Crippen LogP contribution is -2.57. The van der Waals surface area contributed by atoms with Crippen LogP contribution in [0, 0.1) is 5.41 Å². The average Bonchev–Trinajstić information content (AvgIpc) is 3.40.